The first kappa shape index (κ1) is 5.23. The summed E-state index contributed by atoms with van der Waals surface area (Å²) in [6.07, 6.45) is 0.514. The molecule has 0 aromatic rings. The molecule has 2 fully saturated rings. The number of ether oxygens (including phenoxy) is 2. The minimum atomic E-state index is -0.475. The van der Waals surface area contributed by atoms with Gasteiger partial charge < -0.3 is 9.47 Å². The Labute approximate surface area is 52.9 Å². The second-order valence-electron chi connectivity index (χ2n) is 2.68. The lowest BCUT2D eigenvalue weighted by Gasteiger charge is -2.04. The van der Waals surface area contributed by atoms with Gasteiger partial charge in [-0.2, -0.15) is 0 Å². The highest BCUT2D eigenvalue weighted by Gasteiger charge is 2.58. The topological polar surface area (TPSA) is 38.8 Å². The zero-order valence-electron chi connectivity index (χ0n) is 5.22. The smallest absolute Gasteiger partial charge is 0.308 e. The fourth-order valence-corrected chi connectivity index (χ4v) is 1.16. The zero-order chi connectivity index (χ0) is 6.48. The van der Waals surface area contributed by atoms with E-state index in [0.717, 1.165) is 0 Å². The normalized spacial score (nSPS) is 47.7. The predicted octanol–water partition coefficient (Wildman–Crippen LogP) is 0.296. The molecule has 0 amide bonds. The van der Waals surface area contributed by atoms with E-state index in [1.54, 1.807) is 0 Å². The van der Waals surface area contributed by atoms with Crippen molar-refractivity contribution in [2.24, 2.45) is 5.92 Å². The van der Waals surface area contributed by atoms with Crippen molar-refractivity contribution >= 4 is 5.97 Å². The molecular weight excluding hydrogens is 120 g/mol. The summed E-state index contributed by atoms with van der Waals surface area (Å²) in [4.78, 5) is 10.6. The van der Waals surface area contributed by atoms with E-state index in [1.807, 2.05) is 6.92 Å². The number of esters is 1. The molecule has 50 valence electrons. The van der Waals surface area contributed by atoms with Crippen molar-refractivity contribution in [2.45, 2.75) is 19.1 Å². The van der Waals surface area contributed by atoms with E-state index in [0.29, 0.717) is 13.0 Å². The number of epoxide rings is 1. The van der Waals surface area contributed by atoms with Crippen LogP contribution >= 0.6 is 0 Å². The number of carbonyl (C=O) groups excluding carboxylic acids is 1. The van der Waals surface area contributed by atoms with Gasteiger partial charge in [-0.3, -0.25) is 4.79 Å². The van der Waals surface area contributed by atoms with Crippen molar-refractivity contribution in [2.75, 3.05) is 6.61 Å². The van der Waals surface area contributed by atoms with Gasteiger partial charge in [-0.05, 0) is 0 Å². The largest absolute Gasteiger partial charge is 0.430 e. The highest BCUT2D eigenvalue weighted by Crippen LogP contribution is 2.43. The van der Waals surface area contributed by atoms with Crippen LogP contribution in [0, 0.1) is 5.92 Å². The molecule has 3 heteroatoms. The van der Waals surface area contributed by atoms with Gasteiger partial charge in [0.1, 0.15) is 6.61 Å². The van der Waals surface area contributed by atoms with Gasteiger partial charge in [0.2, 0.25) is 5.79 Å². The molecule has 0 aromatic heterocycles. The Morgan fingerprint density at radius 2 is 2.44 bits per heavy atom. The maximum atomic E-state index is 10.6. The SMILES string of the molecule is CC1CC(=O)OC12CO2. The molecule has 0 N–H and O–H groups in total. The Kier molecular flexibility index (Phi) is 0.750. The third-order valence-electron chi connectivity index (χ3n) is 1.94. The van der Waals surface area contributed by atoms with Gasteiger partial charge in [0, 0.05) is 5.92 Å². The Balaban J connectivity index is 2.19. The van der Waals surface area contributed by atoms with Crippen LogP contribution in [-0.4, -0.2) is 18.4 Å². The summed E-state index contributed by atoms with van der Waals surface area (Å²) < 4.78 is 9.91. The molecular formula is C6H8O3. The molecule has 2 aliphatic heterocycles. The first-order valence-electron chi connectivity index (χ1n) is 3.09. The van der Waals surface area contributed by atoms with Crippen LogP contribution in [0.2, 0.25) is 0 Å². The Morgan fingerprint density at radius 1 is 1.78 bits per heavy atom. The van der Waals surface area contributed by atoms with E-state index in [2.05, 4.69) is 0 Å². The predicted molar refractivity (Wildman–Crippen MR) is 28.6 cm³/mol. The van der Waals surface area contributed by atoms with Gasteiger partial charge in [0.05, 0.1) is 6.42 Å². The highest BCUT2D eigenvalue weighted by molar-refractivity contribution is 5.73. The lowest BCUT2D eigenvalue weighted by atomic mass is 10.1. The molecule has 2 atom stereocenters. The number of hydrogen-bond donors (Lipinski definition) is 0. The van der Waals surface area contributed by atoms with Crippen LogP contribution in [0.15, 0.2) is 0 Å². The average Bonchev–Trinajstić information content (AvgIpc) is 2.42. The van der Waals surface area contributed by atoms with Crippen LogP contribution in [0.4, 0.5) is 0 Å². The van der Waals surface area contributed by atoms with Gasteiger partial charge in [-0.1, -0.05) is 6.92 Å². The summed E-state index contributed by atoms with van der Waals surface area (Å²) in [5.74, 6) is -0.345. The second kappa shape index (κ2) is 1.29. The molecule has 2 heterocycles. The van der Waals surface area contributed by atoms with E-state index in [-0.39, 0.29) is 11.9 Å². The molecule has 0 aromatic carbocycles. The maximum Gasteiger partial charge on any atom is 0.308 e. The second-order valence-corrected chi connectivity index (χ2v) is 2.68. The Bertz CT molecular complexity index is 160. The number of carbonyl (C=O) groups is 1. The van der Waals surface area contributed by atoms with Crippen molar-refractivity contribution in [1.29, 1.82) is 0 Å². The fraction of sp³-hybridized carbons (Fsp3) is 0.833. The van der Waals surface area contributed by atoms with Gasteiger partial charge >= 0.3 is 5.97 Å². The molecule has 2 aliphatic rings. The maximum absolute atomic E-state index is 10.6. The molecule has 0 bridgehead atoms. The first-order chi connectivity index (χ1) is 4.23. The third-order valence-corrected chi connectivity index (χ3v) is 1.94. The van der Waals surface area contributed by atoms with Crippen LogP contribution in [0.1, 0.15) is 13.3 Å². The molecule has 0 saturated carbocycles. The molecule has 9 heavy (non-hydrogen) atoms. The molecule has 0 aliphatic carbocycles. The summed E-state index contributed by atoms with van der Waals surface area (Å²) in [6, 6.07) is 0. The van der Waals surface area contributed by atoms with Crippen molar-refractivity contribution in [3.05, 3.63) is 0 Å². The zero-order valence-corrected chi connectivity index (χ0v) is 5.22. The summed E-state index contributed by atoms with van der Waals surface area (Å²) in [5.41, 5.74) is 0. The Morgan fingerprint density at radius 3 is 2.67 bits per heavy atom. The summed E-state index contributed by atoms with van der Waals surface area (Å²) >= 11 is 0. The van der Waals surface area contributed by atoms with Gasteiger partial charge in [-0.25, -0.2) is 0 Å². The average molecular weight is 128 g/mol. The third kappa shape index (κ3) is 0.580. The van der Waals surface area contributed by atoms with Crippen molar-refractivity contribution in [3.8, 4) is 0 Å². The monoisotopic (exact) mass is 128 g/mol. The molecule has 1 spiro atoms. The van der Waals surface area contributed by atoms with E-state index in [1.165, 1.54) is 0 Å². The van der Waals surface area contributed by atoms with Crippen LogP contribution < -0.4 is 0 Å². The number of hydrogen-bond acceptors (Lipinski definition) is 3. The highest BCUT2D eigenvalue weighted by atomic mass is 16.8. The van der Waals surface area contributed by atoms with E-state index >= 15 is 0 Å². The van der Waals surface area contributed by atoms with E-state index < -0.39 is 5.79 Å². The lowest BCUT2D eigenvalue weighted by molar-refractivity contribution is -0.148. The van der Waals surface area contributed by atoms with Crippen LogP contribution in [0.5, 0.6) is 0 Å². The molecule has 2 rings (SSSR count). The summed E-state index contributed by atoms with van der Waals surface area (Å²) in [5, 5.41) is 0. The molecule has 0 radical (unpaired) electrons. The van der Waals surface area contributed by atoms with Crippen LogP contribution in [-0.2, 0) is 14.3 Å². The van der Waals surface area contributed by atoms with Crippen LogP contribution in [0.3, 0.4) is 0 Å². The fourth-order valence-electron chi connectivity index (χ4n) is 1.16. The molecule has 2 saturated heterocycles. The van der Waals surface area contributed by atoms with Crippen LogP contribution in [0.25, 0.3) is 0 Å². The number of rotatable bonds is 0. The van der Waals surface area contributed by atoms with Crippen molar-refractivity contribution < 1.29 is 14.3 Å². The molecule has 3 nitrogen and oxygen atoms in total. The van der Waals surface area contributed by atoms with Gasteiger partial charge in [-0.15, -0.1) is 0 Å². The van der Waals surface area contributed by atoms with Gasteiger partial charge in [0.15, 0.2) is 0 Å². The first-order valence-corrected chi connectivity index (χ1v) is 3.09. The standard InChI is InChI=1S/C6H8O3/c1-4-2-5(7)9-6(4)3-8-6/h4H,2-3H2,1H3. The van der Waals surface area contributed by atoms with Gasteiger partial charge in [0.25, 0.3) is 0 Å². The minimum Gasteiger partial charge on any atom is -0.430 e. The molecule has 2 unspecified atom stereocenters. The summed E-state index contributed by atoms with van der Waals surface area (Å²) in [7, 11) is 0. The van der Waals surface area contributed by atoms with Crippen molar-refractivity contribution in [1.82, 2.24) is 0 Å². The summed E-state index contributed by atoms with van der Waals surface area (Å²) in [6.45, 7) is 2.57. The van der Waals surface area contributed by atoms with Crippen molar-refractivity contribution in [3.63, 3.8) is 0 Å². The Hall–Kier alpha value is -0.570. The van der Waals surface area contributed by atoms with E-state index in [9.17, 15) is 4.79 Å². The minimum absolute atomic E-state index is 0.125. The lowest BCUT2D eigenvalue weighted by Crippen LogP contribution is -2.16. The van der Waals surface area contributed by atoms with E-state index in [4.69, 9.17) is 9.47 Å². The quantitative estimate of drug-likeness (QED) is 0.348.